The lowest BCUT2D eigenvalue weighted by Gasteiger charge is -2.13. The van der Waals surface area contributed by atoms with E-state index in [9.17, 15) is 14.4 Å². The van der Waals surface area contributed by atoms with Gasteiger partial charge in [0.25, 0.3) is 11.5 Å². The highest BCUT2D eigenvalue weighted by atomic mass is 32.1. The molecule has 9 nitrogen and oxygen atoms in total. The molecular weight excluding hydrogens is 420 g/mol. The third-order valence-electron chi connectivity index (χ3n) is 4.47. The number of rotatable bonds is 6. The Labute approximate surface area is 180 Å². The topological polar surface area (TPSA) is 116 Å². The van der Waals surface area contributed by atoms with Crippen molar-refractivity contribution in [1.29, 1.82) is 0 Å². The van der Waals surface area contributed by atoms with Crippen molar-refractivity contribution in [3.8, 4) is 0 Å². The van der Waals surface area contributed by atoms with Gasteiger partial charge in [0.2, 0.25) is 4.96 Å². The van der Waals surface area contributed by atoms with Gasteiger partial charge < -0.3 is 14.5 Å². The van der Waals surface area contributed by atoms with Gasteiger partial charge in [0, 0.05) is 6.07 Å². The van der Waals surface area contributed by atoms with Crippen LogP contribution in [0.4, 0.5) is 5.69 Å². The molecule has 0 bridgehead atoms. The highest BCUT2D eigenvalue weighted by Gasteiger charge is 2.19. The third-order valence-corrected chi connectivity index (χ3v) is 5.52. The van der Waals surface area contributed by atoms with Gasteiger partial charge in [-0.15, -0.1) is 0 Å². The van der Waals surface area contributed by atoms with Crippen LogP contribution in [-0.2, 0) is 17.8 Å². The van der Waals surface area contributed by atoms with Gasteiger partial charge in [-0.2, -0.15) is 9.61 Å². The number of nitrogens with zero attached hydrogens (tertiary/aromatic N) is 3. The quantitative estimate of drug-likeness (QED) is 0.460. The van der Waals surface area contributed by atoms with E-state index in [1.165, 1.54) is 34.2 Å². The van der Waals surface area contributed by atoms with Crippen LogP contribution in [0.2, 0.25) is 0 Å². The van der Waals surface area contributed by atoms with Gasteiger partial charge in [0.1, 0.15) is 11.6 Å². The molecule has 0 spiro atoms. The molecule has 10 heteroatoms. The molecule has 158 valence electrons. The molecule has 0 radical (unpaired) electrons. The fourth-order valence-corrected chi connectivity index (χ4v) is 3.77. The number of nitrogens with one attached hydrogen (secondary N) is 1. The number of anilines is 1. The molecule has 0 unspecified atom stereocenters. The molecule has 4 aromatic rings. The summed E-state index contributed by atoms with van der Waals surface area (Å²) < 4.78 is 11.7. The molecule has 3 aromatic heterocycles. The Morgan fingerprint density at radius 2 is 2.10 bits per heavy atom. The predicted molar refractivity (Wildman–Crippen MR) is 113 cm³/mol. The number of aromatic nitrogens is 3. The van der Waals surface area contributed by atoms with Crippen molar-refractivity contribution in [1.82, 2.24) is 14.6 Å². The largest absolute Gasteiger partial charge is 0.459 e. The second-order valence-electron chi connectivity index (χ2n) is 6.63. The Morgan fingerprint density at radius 1 is 1.26 bits per heavy atom. The van der Waals surface area contributed by atoms with Crippen LogP contribution >= 0.6 is 11.3 Å². The van der Waals surface area contributed by atoms with Crippen molar-refractivity contribution in [2.75, 3.05) is 5.32 Å². The summed E-state index contributed by atoms with van der Waals surface area (Å²) in [7, 11) is 0. The number of esters is 1. The lowest BCUT2D eigenvalue weighted by atomic mass is 10.1. The molecule has 0 saturated carbocycles. The van der Waals surface area contributed by atoms with Crippen LogP contribution < -0.4 is 10.9 Å². The van der Waals surface area contributed by atoms with Gasteiger partial charge in [0.05, 0.1) is 23.2 Å². The third kappa shape index (κ3) is 4.24. The Hall–Kier alpha value is -3.79. The zero-order valence-electron chi connectivity index (χ0n) is 16.7. The smallest absolute Gasteiger partial charge is 0.340 e. The maximum Gasteiger partial charge on any atom is 0.340 e. The number of hydrogen-bond acceptors (Lipinski definition) is 8. The minimum Gasteiger partial charge on any atom is -0.459 e. The standard InChI is InChI=1S/C21H18N4O5S/c1-3-16-24-25-17(26)10-13(22-21(25)31-16)11-30-20(28)14-7-4-6-12(2)18(14)23-19(27)15-8-5-9-29-15/h4-10H,3,11H2,1-2H3,(H,23,27). The van der Waals surface area contributed by atoms with Crippen molar-refractivity contribution in [2.45, 2.75) is 26.9 Å². The van der Waals surface area contributed by atoms with Gasteiger partial charge in [-0.25, -0.2) is 9.78 Å². The molecule has 1 amide bonds. The lowest BCUT2D eigenvalue weighted by Crippen LogP contribution is -2.18. The number of ether oxygens (including phenoxy) is 1. The van der Waals surface area contributed by atoms with Crippen molar-refractivity contribution in [2.24, 2.45) is 0 Å². The second-order valence-corrected chi connectivity index (χ2v) is 7.67. The second kappa shape index (κ2) is 8.52. The highest BCUT2D eigenvalue weighted by molar-refractivity contribution is 7.16. The maximum atomic E-state index is 12.7. The van der Waals surface area contributed by atoms with E-state index < -0.39 is 11.9 Å². The van der Waals surface area contributed by atoms with Crippen LogP contribution in [0.5, 0.6) is 0 Å². The predicted octanol–water partition coefficient (Wildman–Crippen LogP) is 3.22. The Morgan fingerprint density at radius 3 is 2.84 bits per heavy atom. The Bertz CT molecular complexity index is 1320. The lowest BCUT2D eigenvalue weighted by molar-refractivity contribution is 0.0469. The summed E-state index contributed by atoms with van der Waals surface area (Å²) in [6.07, 6.45) is 2.08. The average molecular weight is 438 g/mol. The molecule has 1 aromatic carbocycles. The molecule has 3 heterocycles. The number of aryl methyl sites for hydroxylation is 2. The van der Waals surface area contributed by atoms with Gasteiger partial charge >= 0.3 is 5.97 Å². The number of amides is 1. The van der Waals surface area contributed by atoms with Crippen LogP contribution in [0.3, 0.4) is 0 Å². The monoisotopic (exact) mass is 438 g/mol. The normalized spacial score (nSPS) is 10.9. The van der Waals surface area contributed by atoms with E-state index in [0.717, 1.165) is 5.01 Å². The van der Waals surface area contributed by atoms with Gasteiger partial charge in [-0.05, 0) is 37.1 Å². The molecule has 31 heavy (non-hydrogen) atoms. The van der Waals surface area contributed by atoms with Crippen molar-refractivity contribution >= 4 is 33.9 Å². The van der Waals surface area contributed by atoms with Crippen LogP contribution in [0.25, 0.3) is 4.96 Å². The van der Waals surface area contributed by atoms with Crippen LogP contribution in [0.15, 0.2) is 51.9 Å². The van der Waals surface area contributed by atoms with E-state index in [1.54, 1.807) is 31.2 Å². The SMILES string of the molecule is CCc1nn2c(=O)cc(COC(=O)c3cccc(C)c3NC(=O)c3ccco3)nc2s1. The summed E-state index contributed by atoms with van der Waals surface area (Å²) in [5.41, 5.74) is 1.17. The average Bonchev–Trinajstić information content (AvgIpc) is 3.43. The number of benzene rings is 1. The first-order chi connectivity index (χ1) is 15.0. The van der Waals surface area contributed by atoms with Gasteiger partial charge in [0.15, 0.2) is 5.76 Å². The first-order valence-corrected chi connectivity index (χ1v) is 10.3. The molecule has 0 saturated heterocycles. The van der Waals surface area contributed by atoms with E-state index in [2.05, 4.69) is 15.4 Å². The number of hydrogen-bond donors (Lipinski definition) is 1. The zero-order valence-corrected chi connectivity index (χ0v) is 17.6. The summed E-state index contributed by atoms with van der Waals surface area (Å²) >= 11 is 1.31. The van der Waals surface area contributed by atoms with E-state index in [0.29, 0.717) is 28.3 Å². The minimum absolute atomic E-state index is 0.122. The highest BCUT2D eigenvalue weighted by Crippen LogP contribution is 2.23. The number of para-hydroxylation sites is 1. The van der Waals surface area contributed by atoms with Gasteiger partial charge in [-0.3, -0.25) is 9.59 Å². The molecule has 0 fully saturated rings. The van der Waals surface area contributed by atoms with Crippen LogP contribution in [0, 0.1) is 6.92 Å². The van der Waals surface area contributed by atoms with E-state index >= 15 is 0 Å². The summed E-state index contributed by atoms with van der Waals surface area (Å²) in [5, 5.41) is 7.67. The van der Waals surface area contributed by atoms with E-state index in [4.69, 9.17) is 9.15 Å². The summed E-state index contributed by atoms with van der Waals surface area (Å²) in [6, 6.07) is 9.41. The van der Waals surface area contributed by atoms with Crippen LogP contribution in [-0.4, -0.2) is 26.5 Å². The molecule has 0 aliphatic carbocycles. The maximum absolute atomic E-state index is 12.7. The molecule has 0 atom stereocenters. The molecule has 4 rings (SSSR count). The fraction of sp³-hybridized carbons (Fsp3) is 0.190. The summed E-state index contributed by atoms with van der Waals surface area (Å²) in [6.45, 7) is 3.51. The zero-order chi connectivity index (χ0) is 22.0. The van der Waals surface area contributed by atoms with E-state index in [-0.39, 0.29) is 23.5 Å². The Balaban J connectivity index is 1.54. The fourth-order valence-electron chi connectivity index (χ4n) is 2.92. The molecule has 1 N–H and O–H groups in total. The number of carbonyl (C=O) groups is 2. The van der Waals surface area contributed by atoms with Crippen molar-refractivity contribution < 1.29 is 18.7 Å². The number of carbonyl (C=O) groups excluding carboxylic acids is 2. The molecular formula is C21H18N4O5S. The van der Waals surface area contributed by atoms with Crippen molar-refractivity contribution in [3.05, 3.63) is 80.6 Å². The summed E-state index contributed by atoms with van der Waals surface area (Å²) in [4.78, 5) is 42.1. The van der Waals surface area contributed by atoms with Crippen molar-refractivity contribution in [3.63, 3.8) is 0 Å². The van der Waals surface area contributed by atoms with Crippen LogP contribution in [0.1, 0.15) is 44.1 Å². The number of furan rings is 1. The van der Waals surface area contributed by atoms with Gasteiger partial charge in [-0.1, -0.05) is 30.4 Å². The first kappa shape index (κ1) is 20.5. The molecule has 0 aliphatic rings. The Kier molecular flexibility index (Phi) is 5.63. The molecule has 0 aliphatic heterocycles. The van der Waals surface area contributed by atoms with E-state index in [1.807, 2.05) is 6.92 Å². The first-order valence-electron chi connectivity index (χ1n) is 9.46. The summed E-state index contributed by atoms with van der Waals surface area (Å²) in [5.74, 6) is -1.01. The minimum atomic E-state index is -0.654. The number of fused-ring (bicyclic) bond motifs is 1.